The molecule has 0 saturated carbocycles. The Labute approximate surface area is 211 Å². The van der Waals surface area contributed by atoms with Crippen LogP contribution in [0.5, 0.6) is 11.5 Å². The predicted molar refractivity (Wildman–Crippen MR) is 140 cm³/mol. The highest BCUT2D eigenvalue weighted by Gasteiger charge is 2.18. The number of methoxy groups -OCH3 is 2. The van der Waals surface area contributed by atoms with E-state index in [0.717, 1.165) is 84.1 Å². The molecule has 2 aromatic heterocycles. The molecule has 0 radical (unpaired) electrons. The number of rotatable bonds is 9. The van der Waals surface area contributed by atoms with Crippen molar-refractivity contribution in [3.05, 3.63) is 55.0 Å². The van der Waals surface area contributed by atoms with Gasteiger partial charge in [0.15, 0.2) is 0 Å². The lowest BCUT2D eigenvalue weighted by molar-refractivity contribution is -0.0394. The summed E-state index contributed by atoms with van der Waals surface area (Å²) in [7, 11) is 5.26. The minimum atomic E-state index is -0.00638. The number of fused-ring (bicyclic) bond motifs is 1. The molecule has 1 unspecified atom stereocenters. The first-order valence-electron chi connectivity index (χ1n) is 12.3. The number of nitrogens with zero attached hydrogens (tertiary/aromatic N) is 5. The van der Waals surface area contributed by atoms with E-state index in [0.29, 0.717) is 0 Å². The van der Waals surface area contributed by atoms with Gasteiger partial charge in [0.25, 0.3) is 0 Å². The van der Waals surface area contributed by atoms with Crippen LogP contribution in [0.1, 0.15) is 25.5 Å². The lowest BCUT2D eigenvalue weighted by Gasteiger charge is -2.26. The summed E-state index contributed by atoms with van der Waals surface area (Å²) < 4.78 is 18.8. The van der Waals surface area contributed by atoms with Crippen molar-refractivity contribution in [3.63, 3.8) is 0 Å². The Morgan fingerprint density at radius 1 is 1.03 bits per heavy atom. The third kappa shape index (κ3) is 5.12. The zero-order valence-electron chi connectivity index (χ0n) is 21.0. The van der Waals surface area contributed by atoms with Crippen LogP contribution in [0.15, 0.2) is 55.0 Å². The van der Waals surface area contributed by atoms with Crippen molar-refractivity contribution in [2.45, 2.75) is 25.5 Å². The van der Waals surface area contributed by atoms with E-state index in [1.165, 1.54) is 0 Å². The van der Waals surface area contributed by atoms with E-state index in [1.54, 1.807) is 20.4 Å². The van der Waals surface area contributed by atoms with Gasteiger partial charge in [-0.1, -0.05) is 0 Å². The first-order valence-corrected chi connectivity index (χ1v) is 12.3. The van der Waals surface area contributed by atoms with Gasteiger partial charge in [0, 0.05) is 61.0 Å². The van der Waals surface area contributed by atoms with Gasteiger partial charge in [0.2, 0.25) is 0 Å². The molecule has 9 heteroatoms. The maximum Gasteiger partial charge on any atom is 0.150 e. The summed E-state index contributed by atoms with van der Waals surface area (Å²) in [6.45, 7) is 2.33. The van der Waals surface area contributed by atoms with Gasteiger partial charge in [-0.2, -0.15) is 5.10 Å². The first kappa shape index (κ1) is 24.0. The van der Waals surface area contributed by atoms with E-state index in [4.69, 9.17) is 19.2 Å². The van der Waals surface area contributed by atoms with Crippen LogP contribution >= 0.6 is 0 Å². The summed E-state index contributed by atoms with van der Waals surface area (Å²) in [5.74, 6) is 1.47. The number of hydrogen-bond acceptors (Lipinski definition) is 8. The topological polar surface area (TPSA) is 86.6 Å². The van der Waals surface area contributed by atoms with Crippen molar-refractivity contribution in [2.75, 3.05) is 45.9 Å². The summed E-state index contributed by atoms with van der Waals surface area (Å²) in [5, 5.41) is 7.77. The largest absolute Gasteiger partial charge is 0.497 e. The summed E-state index contributed by atoms with van der Waals surface area (Å²) in [6.07, 6.45) is 8.87. The smallest absolute Gasteiger partial charge is 0.150 e. The predicted octanol–water partition coefficient (Wildman–Crippen LogP) is 4.57. The van der Waals surface area contributed by atoms with Crippen molar-refractivity contribution in [2.24, 2.45) is 0 Å². The number of anilines is 2. The second-order valence-corrected chi connectivity index (χ2v) is 8.78. The van der Waals surface area contributed by atoms with Crippen LogP contribution in [-0.4, -0.2) is 60.7 Å². The highest BCUT2D eigenvalue weighted by molar-refractivity contribution is 5.82. The maximum absolute atomic E-state index is 5.87. The average molecular weight is 489 g/mol. The van der Waals surface area contributed by atoms with E-state index in [2.05, 4.69) is 32.4 Å². The summed E-state index contributed by atoms with van der Waals surface area (Å²) in [4.78, 5) is 11.8. The lowest BCUT2D eigenvalue weighted by atomic mass is 10.2. The van der Waals surface area contributed by atoms with E-state index < -0.39 is 0 Å². The van der Waals surface area contributed by atoms with Gasteiger partial charge in [0.05, 0.1) is 43.3 Å². The molecule has 1 aliphatic heterocycles. The molecule has 9 nitrogen and oxygen atoms in total. The number of benzene rings is 2. The summed E-state index contributed by atoms with van der Waals surface area (Å²) in [6, 6.07) is 12.0. The Hall–Kier alpha value is -3.69. The van der Waals surface area contributed by atoms with Crippen LogP contribution in [0.25, 0.3) is 22.3 Å². The normalized spacial score (nSPS) is 15.7. The quantitative estimate of drug-likeness (QED) is 0.367. The van der Waals surface area contributed by atoms with Crippen molar-refractivity contribution in [1.29, 1.82) is 0 Å². The molecule has 4 aromatic rings. The van der Waals surface area contributed by atoms with Crippen LogP contribution in [-0.2, 0) is 4.74 Å². The molecule has 1 saturated heterocycles. The molecule has 3 heterocycles. The van der Waals surface area contributed by atoms with Crippen molar-refractivity contribution in [3.8, 4) is 22.8 Å². The molecule has 0 amide bonds. The minimum absolute atomic E-state index is 0.00638. The van der Waals surface area contributed by atoms with Crippen LogP contribution < -0.4 is 19.7 Å². The van der Waals surface area contributed by atoms with E-state index in [1.807, 2.05) is 48.4 Å². The molecule has 1 fully saturated rings. The van der Waals surface area contributed by atoms with Crippen LogP contribution in [0, 0.1) is 0 Å². The Balaban J connectivity index is 1.49. The van der Waals surface area contributed by atoms with Gasteiger partial charge < -0.3 is 24.4 Å². The highest BCUT2D eigenvalue weighted by Crippen LogP contribution is 2.34. The molecule has 36 heavy (non-hydrogen) atoms. The van der Waals surface area contributed by atoms with Crippen molar-refractivity contribution >= 4 is 22.4 Å². The summed E-state index contributed by atoms with van der Waals surface area (Å²) >= 11 is 0. The molecule has 5 rings (SSSR count). The first-order chi connectivity index (χ1) is 17.7. The van der Waals surface area contributed by atoms with E-state index >= 15 is 0 Å². The number of ether oxygens (including phenoxy) is 3. The van der Waals surface area contributed by atoms with Crippen molar-refractivity contribution < 1.29 is 14.2 Å². The Kier molecular flexibility index (Phi) is 7.29. The fraction of sp³-hybridized carbons (Fsp3) is 0.370. The zero-order chi connectivity index (χ0) is 24.9. The fourth-order valence-electron chi connectivity index (χ4n) is 4.45. The summed E-state index contributed by atoms with van der Waals surface area (Å²) in [5.41, 5.74) is 5.34. The third-order valence-corrected chi connectivity index (χ3v) is 6.42. The van der Waals surface area contributed by atoms with Crippen molar-refractivity contribution in [1.82, 2.24) is 25.1 Å². The lowest BCUT2D eigenvalue weighted by Crippen LogP contribution is -2.26. The number of nitrogens with one attached hydrogen (secondary N) is 1. The molecule has 0 aliphatic carbocycles. The molecule has 0 bridgehead atoms. The molecule has 1 aliphatic rings. The van der Waals surface area contributed by atoms with Gasteiger partial charge in [-0.25, -0.2) is 9.67 Å². The maximum atomic E-state index is 5.87. The SMILES string of the molecule is CNCCN(c1cc(OC)cc(OC)c1)c1ccc2ncc(-c3cnn(C4CCCCO4)c3)nc2c1. The van der Waals surface area contributed by atoms with Crippen LogP contribution in [0.4, 0.5) is 11.4 Å². The van der Waals surface area contributed by atoms with Gasteiger partial charge >= 0.3 is 0 Å². The zero-order valence-corrected chi connectivity index (χ0v) is 21.0. The standard InChI is InChI=1S/C27H32N6O3/c1-28-9-10-32(21-12-22(34-2)15-23(13-21)35-3)20-7-8-24-25(14-20)31-26(17-29-24)19-16-30-33(18-19)27-6-4-5-11-36-27/h7-8,12-18,27-28H,4-6,9-11H2,1-3H3. The average Bonchev–Trinajstić information content (AvgIpc) is 3.43. The van der Waals surface area contributed by atoms with Gasteiger partial charge in [-0.05, 0) is 44.5 Å². The second-order valence-electron chi connectivity index (χ2n) is 8.78. The highest BCUT2D eigenvalue weighted by atomic mass is 16.5. The third-order valence-electron chi connectivity index (χ3n) is 6.42. The molecule has 0 spiro atoms. The Bertz CT molecular complexity index is 1300. The molecular formula is C27H32N6O3. The number of aromatic nitrogens is 4. The molecule has 1 N–H and O–H groups in total. The van der Waals surface area contributed by atoms with E-state index in [9.17, 15) is 0 Å². The van der Waals surface area contributed by atoms with Gasteiger partial charge in [-0.3, -0.25) is 4.98 Å². The second kappa shape index (κ2) is 10.9. The van der Waals surface area contributed by atoms with Crippen LogP contribution in [0.3, 0.4) is 0 Å². The monoisotopic (exact) mass is 488 g/mol. The van der Waals surface area contributed by atoms with Gasteiger partial charge in [0.1, 0.15) is 17.7 Å². The fourth-order valence-corrected chi connectivity index (χ4v) is 4.45. The van der Waals surface area contributed by atoms with E-state index in [-0.39, 0.29) is 6.23 Å². The Morgan fingerprint density at radius 2 is 1.86 bits per heavy atom. The Morgan fingerprint density at radius 3 is 2.58 bits per heavy atom. The molecule has 188 valence electrons. The molecule has 2 aromatic carbocycles. The van der Waals surface area contributed by atoms with Crippen LogP contribution in [0.2, 0.25) is 0 Å². The van der Waals surface area contributed by atoms with Gasteiger partial charge in [-0.15, -0.1) is 0 Å². The number of hydrogen-bond donors (Lipinski definition) is 1. The minimum Gasteiger partial charge on any atom is -0.497 e. The number of likely N-dealkylation sites (N-methyl/N-ethyl adjacent to an activating group) is 1. The molecule has 1 atom stereocenters. The molecular weight excluding hydrogens is 456 g/mol.